The quantitative estimate of drug-likeness (QED) is 0.276. The van der Waals surface area contributed by atoms with E-state index in [-0.39, 0.29) is 6.04 Å². The number of ether oxygens (including phenoxy) is 2. The summed E-state index contributed by atoms with van der Waals surface area (Å²) in [5, 5.41) is 4.48. The third-order valence-electron chi connectivity index (χ3n) is 7.33. The Kier molecular flexibility index (Phi) is 6.76. The Morgan fingerprint density at radius 2 is 2.00 bits per heavy atom. The zero-order chi connectivity index (χ0) is 26.2. The zero-order valence-corrected chi connectivity index (χ0v) is 22.7. The molecule has 6 rings (SSSR count). The lowest BCUT2D eigenvalue weighted by Gasteiger charge is -2.35. The fraction of sp³-hybridized carbons (Fsp3) is 0.321. The van der Waals surface area contributed by atoms with Crippen LogP contribution in [-0.4, -0.2) is 40.3 Å². The number of fused-ring (bicyclic) bond motifs is 1. The highest BCUT2D eigenvalue weighted by atomic mass is 35.5. The Labute approximate surface area is 231 Å². The Morgan fingerprint density at radius 1 is 1.13 bits per heavy atom. The van der Waals surface area contributed by atoms with E-state index in [4.69, 9.17) is 37.7 Å². The topological polar surface area (TPSA) is 77.3 Å². The summed E-state index contributed by atoms with van der Waals surface area (Å²) >= 11 is 12.6. The van der Waals surface area contributed by atoms with Crippen LogP contribution in [-0.2, 0) is 6.42 Å². The van der Waals surface area contributed by atoms with Crippen LogP contribution in [0.3, 0.4) is 0 Å². The number of nitrogens with one attached hydrogen (secondary N) is 1. The van der Waals surface area contributed by atoms with Crippen LogP contribution in [0.15, 0.2) is 55.1 Å². The molecule has 10 heteroatoms. The molecular weight excluding hydrogens is 523 g/mol. The third kappa shape index (κ3) is 4.86. The summed E-state index contributed by atoms with van der Waals surface area (Å²) in [4.78, 5) is 15.9. The molecule has 1 N–H and O–H groups in total. The van der Waals surface area contributed by atoms with Crippen molar-refractivity contribution in [2.24, 2.45) is 5.92 Å². The molecule has 4 aromatic rings. The predicted molar refractivity (Wildman–Crippen MR) is 150 cm³/mol. The molecule has 8 nitrogen and oxygen atoms in total. The van der Waals surface area contributed by atoms with Crippen LogP contribution in [0, 0.1) is 5.92 Å². The van der Waals surface area contributed by atoms with Crippen LogP contribution in [0.2, 0.25) is 10.0 Å². The number of aromatic nitrogens is 4. The van der Waals surface area contributed by atoms with Gasteiger partial charge in [-0.3, -0.25) is 0 Å². The van der Waals surface area contributed by atoms with Crippen molar-refractivity contribution in [1.82, 2.24) is 19.5 Å². The Morgan fingerprint density at radius 3 is 2.76 bits per heavy atom. The number of hydrogen-bond donors (Lipinski definition) is 1. The van der Waals surface area contributed by atoms with E-state index < -0.39 is 0 Å². The summed E-state index contributed by atoms with van der Waals surface area (Å²) in [6.07, 6.45) is 10.6. The lowest BCUT2D eigenvalue weighted by molar-refractivity contribution is 0.265. The minimum absolute atomic E-state index is 0.112. The number of imidazole rings is 1. The number of benzene rings is 2. The molecule has 0 saturated heterocycles. The Hall–Kier alpha value is -3.49. The van der Waals surface area contributed by atoms with Gasteiger partial charge in [-0.25, -0.2) is 9.97 Å². The molecule has 1 aliphatic heterocycles. The first kappa shape index (κ1) is 24.8. The molecule has 38 heavy (non-hydrogen) atoms. The van der Waals surface area contributed by atoms with Gasteiger partial charge in [0.05, 0.1) is 37.1 Å². The van der Waals surface area contributed by atoms with Gasteiger partial charge in [0.25, 0.3) is 0 Å². The second kappa shape index (κ2) is 10.3. The fourth-order valence-electron chi connectivity index (χ4n) is 4.97. The van der Waals surface area contributed by atoms with Crippen molar-refractivity contribution in [3.05, 3.63) is 76.4 Å². The van der Waals surface area contributed by atoms with E-state index in [9.17, 15) is 0 Å². The number of likely N-dealkylation sites (N-methyl/N-ethyl adjacent to an activating group) is 1. The molecule has 0 spiro atoms. The van der Waals surface area contributed by atoms with E-state index in [1.165, 1.54) is 19.3 Å². The van der Waals surface area contributed by atoms with Crippen LogP contribution >= 0.6 is 23.2 Å². The van der Waals surface area contributed by atoms with E-state index in [2.05, 4.69) is 21.5 Å². The van der Waals surface area contributed by atoms with E-state index in [0.717, 1.165) is 40.7 Å². The highest BCUT2D eigenvalue weighted by Gasteiger charge is 2.29. The number of rotatable bonds is 7. The fourth-order valence-corrected chi connectivity index (χ4v) is 5.50. The summed E-state index contributed by atoms with van der Waals surface area (Å²) < 4.78 is 13.7. The second-order valence-electron chi connectivity index (χ2n) is 9.77. The molecule has 2 aliphatic rings. The molecule has 3 heterocycles. The van der Waals surface area contributed by atoms with Gasteiger partial charge >= 0.3 is 0 Å². The van der Waals surface area contributed by atoms with Gasteiger partial charge in [-0.15, -0.1) is 0 Å². The van der Waals surface area contributed by atoms with Crippen molar-refractivity contribution in [3.8, 4) is 17.2 Å². The lowest BCUT2D eigenvalue weighted by atomic mass is 9.82. The predicted octanol–water partition coefficient (Wildman–Crippen LogP) is 6.63. The van der Waals surface area contributed by atoms with Gasteiger partial charge in [-0.2, -0.15) is 4.98 Å². The Balaban J connectivity index is 1.21. The van der Waals surface area contributed by atoms with Crippen molar-refractivity contribution in [1.29, 1.82) is 0 Å². The third-order valence-corrected chi connectivity index (χ3v) is 7.89. The smallest absolute Gasteiger partial charge is 0.229 e. The maximum Gasteiger partial charge on any atom is 0.229 e. The summed E-state index contributed by atoms with van der Waals surface area (Å²) in [7, 11) is 3.63. The van der Waals surface area contributed by atoms with Crippen LogP contribution in [0.5, 0.6) is 11.5 Å². The molecule has 1 saturated carbocycles. The van der Waals surface area contributed by atoms with Crippen molar-refractivity contribution in [2.45, 2.75) is 31.7 Å². The molecule has 196 valence electrons. The zero-order valence-electron chi connectivity index (χ0n) is 21.2. The van der Waals surface area contributed by atoms with E-state index in [0.29, 0.717) is 34.2 Å². The lowest BCUT2D eigenvalue weighted by Crippen LogP contribution is -2.34. The second-order valence-corrected chi connectivity index (χ2v) is 10.6. The van der Waals surface area contributed by atoms with Crippen molar-refractivity contribution < 1.29 is 9.47 Å². The summed E-state index contributed by atoms with van der Waals surface area (Å²) in [6.45, 7) is 0.427. The number of nitrogens with zero attached hydrogens (tertiary/aromatic N) is 5. The number of hydrogen-bond acceptors (Lipinski definition) is 7. The molecule has 0 radical (unpaired) electrons. The number of anilines is 3. The Bertz CT molecular complexity index is 1470. The van der Waals surface area contributed by atoms with Gasteiger partial charge in [0, 0.05) is 35.0 Å². The van der Waals surface area contributed by atoms with Crippen molar-refractivity contribution in [3.63, 3.8) is 0 Å². The van der Waals surface area contributed by atoms with Crippen molar-refractivity contribution in [2.75, 3.05) is 31.0 Å². The van der Waals surface area contributed by atoms with Crippen LogP contribution < -0.4 is 19.7 Å². The molecule has 2 aromatic carbocycles. The normalized spacial score (nSPS) is 16.9. The van der Waals surface area contributed by atoms with Gasteiger partial charge in [0.2, 0.25) is 5.95 Å². The molecule has 1 unspecified atom stereocenters. The van der Waals surface area contributed by atoms with Gasteiger partial charge < -0.3 is 24.3 Å². The minimum atomic E-state index is -0.112. The van der Waals surface area contributed by atoms with Gasteiger partial charge in [-0.1, -0.05) is 48.5 Å². The van der Waals surface area contributed by atoms with E-state index >= 15 is 0 Å². The van der Waals surface area contributed by atoms with E-state index in [1.807, 2.05) is 53.2 Å². The first-order valence-corrected chi connectivity index (χ1v) is 13.4. The molecular formula is C28H28Cl2N6O2. The molecule has 1 fully saturated rings. The maximum absolute atomic E-state index is 6.48. The molecule has 0 amide bonds. The summed E-state index contributed by atoms with van der Waals surface area (Å²) in [5.74, 6) is 3.22. The van der Waals surface area contributed by atoms with Crippen molar-refractivity contribution >= 4 is 40.7 Å². The van der Waals surface area contributed by atoms with Gasteiger partial charge in [-0.05, 0) is 42.2 Å². The first-order valence-electron chi connectivity index (χ1n) is 12.6. The molecule has 0 bridgehead atoms. The van der Waals surface area contributed by atoms with Crippen LogP contribution in [0.25, 0.3) is 5.69 Å². The van der Waals surface area contributed by atoms with Gasteiger partial charge in [0.15, 0.2) is 11.6 Å². The average Bonchev–Trinajstić information content (AvgIpc) is 3.36. The SMILES string of the molecule is COc1cc(Nc2ncc3c(n2)N(C)C(c2ccc(Cl)cc2Cl)CO3)ccc1-n1cnc(CC2CCC2)c1. The van der Waals surface area contributed by atoms with Crippen LogP contribution in [0.4, 0.5) is 17.5 Å². The molecule has 1 atom stereocenters. The van der Waals surface area contributed by atoms with Crippen LogP contribution in [0.1, 0.15) is 36.6 Å². The first-order chi connectivity index (χ1) is 18.5. The largest absolute Gasteiger partial charge is 0.494 e. The average molecular weight is 551 g/mol. The molecule has 1 aliphatic carbocycles. The monoisotopic (exact) mass is 550 g/mol. The van der Waals surface area contributed by atoms with Gasteiger partial charge in [0.1, 0.15) is 12.4 Å². The standard InChI is InChI=1S/C28H28Cl2N6O2/c1-35-24(21-8-6-18(29)11-22(21)30)15-38-26-13-31-28(34-27(26)35)33-19-7-9-23(25(12-19)37-2)36-14-20(32-16-36)10-17-4-3-5-17/h6-9,11-14,16-17,24H,3-5,10,15H2,1-2H3,(H,31,33,34). The summed E-state index contributed by atoms with van der Waals surface area (Å²) in [6, 6.07) is 11.3. The number of halogens is 2. The highest BCUT2D eigenvalue weighted by Crippen LogP contribution is 2.40. The molecule has 2 aromatic heterocycles. The summed E-state index contributed by atoms with van der Waals surface area (Å²) in [5.41, 5.74) is 3.77. The number of methoxy groups -OCH3 is 1. The van der Waals surface area contributed by atoms with E-state index in [1.54, 1.807) is 19.4 Å². The minimum Gasteiger partial charge on any atom is -0.494 e. The maximum atomic E-state index is 6.48. The highest BCUT2D eigenvalue weighted by molar-refractivity contribution is 6.35.